The lowest BCUT2D eigenvalue weighted by Gasteiger charge is -2.22. The van der Waals surface area contributed by atoms with Gasteiger partial charge in [0.1, 0.15) is 5.76 Å². The summed E-state index contributed by atoms with van der Waals surface area (Å²) in [6.07, 6.45) is 1.97. The molecule has 2 heterocycles. The highest BCUT2D eigenvalue weighted by atomic mass is 16.5. The molecule has 8 heteroatoms. The van der Waals surface area contributed by atoms with Gasteiger partial charge in [-0.2, -0.15) is 0 Å². The summed E-state index contributed by atoms with van der Waals surface area (Å²) in [7, 11) is 3.22. The number of ether oxygens (including phenoxy) is 2. The minimum absolute atomic E-state index is 0.189. The molecule has 2 amide bonds. The Bertz CT molecular complexity index is 1200. The molecule has 3 N–H and O–H groups in total. The Kier molecular flexibility index (Phi) is 5.79. The van der Waals surface area contributed by atoms with Crippen molar-refractivity contribution < 1.29 is 18.8 Å². The summed E-state index contributed by atoms with van der Waals surface area (Å²) in [5.41, 5.74) is 2.97. The zero-order valence-electron chi connectivity index (χ0n) is 17.6. The number of benzene rings is 2. The summed E-state index contributed by atoms with van der Waals surface area (Å²) in [6.45, 7) is 2.09. The molecule has 0 aliphatic rings. The average Bonchev–Trinajstić information content (AvgIpc) is 3.39. The summed E-state index contributed by atoms with van der Waals surface area (Å²) in [6, 6.07) is 15.1. The number of methoxy groups -OCH3 is 2. The second-order valence-corrected chi connectivity index (χ2v) is 7.08. The van der Waals surface area contributed by atoms with Gasteiger partial charge >= 0.3 is 6.03 Å². The molecule has 0 aliphatic heterocycles. The molecule has 0 unspecified atom stereocenters. The maximum Gasteiger partial charge on any atom is 0.320 e. The first kappa shape index (κ1) is 20.3. The van der Waals surface area contributed by atoms with Crippen LogP contribution < -0.4 is 20.1 Å². The minimum atomic E-state index is -0.375. The van der Waals surface area contributed by atoms with E-state index in [-0.39, 0.29) is 11.9 Å². The number of anilines is 1. The molecule has 31 heavy (non-hydrogen) atoms. The number of hydrogen-bond donors (Lipinski definition) is 3. The zero-order chi connectivity index (χ0) is 21.8. The number of aromatic amines is 1. The first-order valence-electron chi connectivity index (χ1n) is 9.85. The minimum Gasteiger partial charge on any atom is -0.493 e. The predicted molar refractivity (Wildman–Crippen MR) is 118 cm³/mol. The lowest BCUT2D eigenvalue weighted by molar-refractivity contribution is 0.251. The van der Waals surface area contributed by atoms with Crippen molar-refractivity contribution in [3.8, 4) is 11.5 Å². The number of carbonyl (C=O) groups is 1. The van der Waals surface area contributed by atoms with E-state index in [0.29, 0.717) is 29.6 Å². The topological polar surface area (TPSA) is 101 Å². The van der Waals surface area contributed by atoms with E-state index in [0.717, 1.165) is 22.0 Å². The summed E-state index contributed by atoms with van der Waals surface area (Å²) in [5.74, 6) is 2.05. The smallest absolute Gasteiger partial charge is 0.320 e. The van der Waals surface area contributed by atoms with Crippen LogP contribution in [0.5, 0.6) is 11.5 Å². The van der Waals surface area contributed by atoms with Crippen molar-refractivity contribution in [1.82, 2.24) is 15.5 Å². The number of amides is 2. The number of rotatable bonds is 7. The van der Waals surface area contributed by atoms with Gasteiger partial charge in [0.2, 0.25) is 0 Å². The number of nitrogens with one attached hydrogen (secondary N) is 3. The number of H-pyrrole nitrogens is 1. The van der Waals surface area contributed by atoms with Gasteiger partial charge < -0.3 is 24.3 Å². The van der Waals surface area contributed by atoms with Crippen molar-refractivity contribution in [1.29, 1.82) is 0 Å². The Balaban J connectivity index is 1.67. The van der Waals surface area contributed by atoms with Gasteiger partial charge in [-0.15, -0.1) is 0 Å². The zero-order valence-corrected chi connectivity index (χ0v) is 17.6. The fourth-order valence-corrected chi connectivity index (χ4v) is 3.74. The van der Waals surface area contributed by atoms with Gasteiger partial charge in [-0.25, -0.2) is 4.79 Å². The van der Waals surface area contributed by atoms with Crippen LogP contribution >= 0.6 is 0 Å². The Morgan fingerprint density at radius 3 is 2.71 bits per heavy atom. The van der Waals surface area contributed by atoms with E-state index in [2.05, 4.69) is 26.8 Å². The molecule has 2 aromatic carbocycles. The molecule has 0 saturated heterocycles. The average molecular weight is 420 g/mol. The van der Waals surface area contributed by atoms with Crippen molar-refractivity contribution >= 4 is 22.8 Å². The summed E-state index contributed by atoms with van der Waals surface area (Å²) in [5, 5.41) is 10.5. The van der Waals surface area contributed by atoms with Crippen LogP contribution in [0.1, 0.15) is 22.8 Å². The van der Waals surface area contributed by atoms with Gasteiger partial charge in [-0.1, -0.05) is 35.5 Å². The summed E-state index contributed by atoms with van der Waals surface area (Å²) in [4.78, 5) is 15.8. The van der Waals surface area contributed by atoms with Crippen molar-refractivity contribution in [2.45, 2.75) is 12.8 Å². The van der Waals surface area contributed by atoms with Crippen LogP contribution in [0.2, 0.25) is 0 Å². The number of nitrogens with zero attached hydrogens (tertiary/aromatic N) is 1. The van der Waals surface area contributed by atoms with Crippen LogP contribution in [0, 0.1) is 6.92 Å². The van der Waals surface area contributed by atoms with Crippen LogP contribution in [-0.2, 0) is 0 Å². The van der Waals surface area contributed by atoms with Crippen LogP contribution in [0.4, 0.5) is 10.6 Å². The van der Waals surface area contributed by atoms with Gasteiger partial charge in [0.15, 0.2) is 17.3 Å². The maximum atomic E-state index is 12.5. The number of carbonyl (C=O) groups excluding carboxylic acids is 1. The number of aromatic nitrogens is 2. The largest absolute Gasteiger partial charge is 0.493 e. The van der Waals surface area contributed by atoms with Crippen molar-refractivity contribution in [3.05, 3.63) is 71.6 Å². The molecular formula is C23H24N4O4. The third kappa shape index (κ3) is 4.18. The van der Waals surface area contributed by atoms with E-state index in [9.17, 15) is 4.79 Å². The molecular weight excluding hydrogens is 396 g/mol. The number of hydrogen-bond acceptors (Lipinski definition) is 5. The van der Waals surface area contributed by atoms with Crippen molar-refractivity contribution in [2.24, 2.45) is 0 Å². The van der Waals surface area contributed by atoms with Gasteiger partial charge in [0, 0.05) is 41.2 Å². The normalized spacial score (nSPS) is 11.8. The number of urea groups is 1. The number of aryl methyl sites for hydroxylation is 1. The molecule has 0 fully saturated rings. The molecule has 4 aromatic rings. The highest BCUT2D eigenvalue weighted by Crippen LogP contribution is 2.40. The highest BCUT2D eigenvalue weighted by Gasteiger charge is 2.24. The van der Waals surface area contributed by atoms with E-state index < -0.39 is 0 Å². The first-order chi connectivity index (χ1) is 15.1. The monoisotopic (exact) mass is 420 g/mol. The molecule has 0 saturated carbocycles. The predicted octanol–water partition coefficient (Wildman–Crippen LogP) is 4.44. The second-order valence-electron chi connectivity index (χ2n) is 7.08. The van der Waals surface area contributed by atoms with E-state index >= 15 is 0 Å². The highest BCUT2D eigenvalue weighted by molar-refractivity contribution is 5.88. The molecule has 0 bridgehead atoms. The Labute approximate surface area is 179 Å². The molecule has 0 radical (unpaired) electrons. The van der Waals surface area contributed by atoms with Crippen LogP contribution in [0.3, 0.4) is 0 Å². The molecule has 0 aliphatic carbocycles. The summed E-state index contributed by atoms with van der Waals surface area (Å²) >= 11 is 0. The first-order valence-corrected chi connectivity index (χ1v) is 9.85. The Hall–Kier alpha value is -3.94. The van der Waals surface area contributed by atoms with Gasteiger partial charge in [-0.3, -0.25) is 5.32 Å². The van der Waals surface area contributed by atoms with E-state index in [4.69, 9.17) is 14.0 Å². The fraction of sp³-hybridized carbons (Fsp3) is 0.217. The van der Waals surface area contributed by atoms with Gasteiger partial charge in [0.25, 0.3) is 0 Å². The fourth-order valence-electron chi connectivity index (χ4n) is 3.74. The molecule has 1 atom stereocenters. The lowest BCUT2D eigenvalue weighted by Crippen LogP contribution is -2.33. The van der Waals surface area contributed by atoms with Crippen LogP contribution in [0.25, 0.3) is 10.9 Å². The third-order valence-electron chi connectivity index (χ3n) is 5.14. The maximum absolute atomic E-state index is 12.5. The van der Waals surface area contributed by atoms with E-state index in [1.165, 1.54) is 0 Å². The van der Waals surface area contributed by atoms with Gasteiger partial charge in [0.05, 0.1) is 14.2 Å². The van der Waals surface area contributed by atoms with E-state index in [1.807, 2.05) is 42.6 Å². The molecule has 160 valence electrons. The molecule has 0 spiro atoms. The Morgan fingerprint density at radius 2 is 1.97 bits per heavy atom. The molecule has 8 nitrogen and oxygen atoms in total. The van der Waals surface area contributed by atoms with Crippen molar-refractivity contribution in [3.63, 3.8) is 0 Å². The van der Waals surface area contributed by atoms with Crippen molar-refractivity contribution in [2.75, 3.05) is 26.1 Å². The number of fused-ring (bicyclic) bond motifs is 1. The molecule has 4 rings (SSSR count). The van der Waals surface area contributed by atoms with Crippen LogP contribution in [-0.4, -0.2) is 36.9 Å². The third-order valence-corrected chi connectivity index (χ3v) is 5.14. The summed E-state index contributed by atoms with van der Waals surface area (Å²) < 4.78 is 16.2. The second kappa shape index (κ2) is 8.83. The molecule has 2 aromatic heterocycles. The quantitative estimate of drug-likeness (QED) is 0.410. The van der Waals surface area contributed by atoms with Gasteiger partial charge in [-0.05, 0) is 24.6 Å². The van der Waals surface area contributed by atoms with Crippen LogP contribution in [0.15, 0.2) is 59.3 Å². The SMILES string of the molecule is COc1cccc([C@@H](CNC(=O)Nc2cc(C)on2)c2c[nH]c3ccccc23)c1OC. The van der Waals surface area contributed by atoms with E-state index in [1.54, 1.807) is 27.2 Å². The number of para-hydroxylation sites is 2. The lowest BCUT2D eigenvalue weighted by atomic mass is 9.90. The Morgan fingerprint density at radius 1 is 1.13 bits per heavy atom. The standard InChI is InChI=1S/C23H24N4O4/c1-14-11-21(27-31-14)26-23(28)25-13-18(16-8-6-10-20(29-2)22(16)30-3)17-12-24-19-9-5-4-7-15(17)19/h4-12,18,24H,13H2,1-3H3,(H2,25,26,27,28)/t18-/m1/s1.